The van der Waals surface area contributed by atoms with Gasteiger partial charge in [0.15, 0.2) is 0 Å². The molecular formula is C12H15BrFN3O. The van der Waals surface area contributed by atoms with Gasteiger partial charge in [0.05, 0.1) is 27.7 Å². The van der Waals surface area contributed by atoms with E-state index in [0.29, 0.717) is 22.5 Å². The molecule has 4 nitrogen and oxygen atoms in total. The fourth-order valence-corrected chi connectivity index (χ4v) is 2.48. The van der Waals surface area contributed by atoms with Crippen molar-refractivity contribution >= 4 is 32.9 Å². The third-order valence-corrected chi connectivity index (χ3v) is 3.43. The largest absolute Gasteiger partial charge is 0.382 e. The van der Waals surface area contributed by atoms with Crippen molar-refractivity contribution in [3.05, 3.63) is 22.4 Å². The summed E-state index contributed by atoms with van der Waals surface area (Å²) in [6, 6.07) is 3.06. The number of nitrogens with zero attached hydrogens (tertiary/aromatic N) is 2. The first-order valence-electron chi connectivity index (χ1n) is 5.49. The fourth-order valence-electron chi connectivity index (χ4n) is 2.15. The van der Waals surface area contributed by atoms with Crippen LogP contribution in [0.25, 0.3) is 11.0 Å². The molecule has 1 aromatic carbocycles. The summed E-state index contributed by atoms with van der Waals surface area (Å²) in [7, 11) is 1.63. The fraction of sp³-hybridized carbons (Fsp3) is 0.417. The Morgan fingerprint density at radius 3 is 2.78 bits per heavy atom. The average Bonchev–Trinajstić information content (AvgIpc) is 2.55. The molecule has 0 aliphatic carbocycles. The van der Waals surface area contributed by atoms with Gasteiger partial charge < -0.3 is 15.0 Å². The van der Waals surface area contributed by atoms with Crippen LogP contribution in [0.4, 0.5) is 10.3 Å². The molecule has 2 rings (SSSR count). The Morgan fingerprint density at radius 1 is 1.50 bits per heavy atom. The third-order valence-electron chi connectivity index (χ3n) is 2.83. The molecule has 1 heterocycles. The minimum atomic E-state index is -0.356. The summed E-state index contributed by atoms with van der Waals surface area (Å²) in [5.41, 5.74) is 6.89. The highest BCUT2D eigenvalue weighted by Crippen LogP contribution is 2.30. The van der Waals surface area contributed by atoms with Crippen LogP contribution in [0.15, 0.2) is 16.6 Å². The minimum absolute atomic E-state index is 0.350. The van der Waals surface area contributed by atoms with Crippen LogP contribution in [0.2, 0.25) is 0 Å². The highest BCUT2D eigenvalue weighted by Gasteiger charge is 2.25. The Kier molecular flexibility index (Phi) is 3.33. The quantitative estimate of drug-likeness (QED) is 0.947. The summed E-state index contributed by atoms with van der Waals surface area (Å²) in [5.74, 6) is 0.00116. The molecule has 0 fully saturated rings. The molecular weight excluding hydrogens is 301 g/mol. The summed E-state index contributed by atoms with van der Waals surface area (Å²) in [4.78, 5) is 4.19. The van der Waals surface area contributed by atoms with Gasteiger partial charge >= 0.3 is 0 Å². The van der Waals surface area contributed by atoms with E-state index in [1.807, 2.05) is 18.4 Å². The number of anilines is 1. The molecule has 98 valence electrons. The second-order valence-electron chi connectivity index (χ2n) is 4.81. The third kappa shape index (κ3) is 2.10. The number of rotatable bonds is 3. The number of methoxy groups -OCH3 is 1. The lowest BCUT2D eigenvalue weighted by atomic mass is 10.1. The Labute approximate surface area is 113 Å². The summed E-state index contributed by atoms with van der Waals surface area (Å²) in [6.07, 6.45) is 0. The summed E-state index contributed by atoms with van der Waals surface area (Å²) in [6.45, 7) is 4.47. The van der Waals surface area contributed by atoms with Crippen molar-refractivity contribution < 1.29 is 9.13 Å². The van der Waals surface area contributed by atoms with E-state index in [2.05, 4.69) is 20.9 Å². The Morgan fingerprint density at radius 2 is 2.17 bits per heavy atom. The average molecular weight is 316 g/mol. The number of imidazole rings is 1. The molecule has 18 heavy (non-hydrogen) atoms. The molecule has 0 aliphatic heterocycles. The molecule has 2 N–H and O–H groups in total. The zero-order valence-corrected chi connectivity index (χ0v) is 12.1. The topological polar surface area (TPSA) is 53.1 Å². The number of halogens is 2. The Bertz CT molecular complexity index is 595. The van der Waals surface area contributed by atoms with Gasteiger partial charge in [-0.05, 0) is 35.8 Å². The number of nitrogen functional groups attached to an aromatic ring is 1. The van der Waals surface area contributed by atoms with E-state index in [9.17, 15) is 4.39 Å². The molecule has 0 saturated carbocycles. The van der Waals surface area contributed by atoms with Crippen molar-refractivity contribution in [3.8, 4) is 0 Å². The van der Waals surface area contributed by atoms with Gasteiger partial charge in [0, 0.05) is 13.2 Å². The molecule has 2 aromatic rings. The van der Waals surface area contributed by atoms with Gasteiger partial charge in [-0.15, -0.1) is 0 Å². The highest BCUT2D eigenvalue weighted by atomic mass is 79.9. The number of benzene rings is 1. The van der Waals surface area contributed by atoms with Gasteiger partial charge in [-0.3, -0.25) is 0 Å². The maximum absolute atomic E-state index is 13.5. The lowest BCUT2D eigenvalue weighted by molar-refractivity contribution is 0.113. The second kappa shape index (κ2) is 4.51. The molecule has 0 aliphatic rings. The first-order chi connectivity index (χ1) is 8.36. The van der Waals surface area contributed by atoms with Crippen LogP contribution in [-0.2, 0) is 10.3 Å². The Hall–Kier alpha value is -1.14. The van der Waals surface area contributed by atoms with Crippen molar-refractivity contribution in [1.82, 2.24) is 9.55 Å². The number of aromatic nitrogens is 2. The maximum atomic E-state index is 13.5. The maximum Gasteiger partial charge on any atom is 0.201 e. The summed E-state index contributed by atoms with van der Waals surface area (Å²) >= 11 is 3.18. The van der Waals surface area contributed by atoms with E-state index in [-0.39, 0.29) is 11.4 Å². The van der Waals surface area contributed by atoms with Gasteiger partial charge in [0.2, 0.25) is 5.95 Å². The van der Waals surface area contributed by atoms with Gasteiger partial charge in [-0.1, -0.05) is 0 Å². The zero-order valence-electron chi connectivity index (χ0n) is 10.5. The number of nitrogens with two attached hydrogens (primary N) is 1. The molecule has 0 bridgehead atoms. The molecule has 6 heteroatoms. The number of hydrogen-bond acceptors (Lipinski definition) is 3. The van der Waals surface area contributed by atoms with Crippen LogP contribution in [0.3, 0.4) is 0 Å². The van der Waals surface area contributed by atoms with E-state index in [0.717, 1.165) is 5.52 Å². The predicted octanol–water partition coefficient (Wildman–Crippen LogP) is 2.90. The van der Waals surface area contributed by atoms with Crippen molar-refractivity contribution in [1.29, 1.82) is 0 Å². The van der Waals surface area contributed by atoms with Crippen LogP contribution in [0.1, 0.15) is 13.8 Å². The smallest absolute Gasteiger partial charge is 0.201 e. The normalized spacial score (nSPS) is 12.3. The van der Waals surface area contributed by atoms with E-state index < -0.39 is 0 Å². The van der Waals surface area contributed by atoms with Gasteiger partial charge in [0.1, 0.15) is 5.82 Å². The van der Waals surface area contributed by atoms with Gasteiger partial charge in [-0.25, -0.2) is 9.37 Å². The molecule has 0 saturated heterocycles. The predicted molar refractivity (Wildman–Crippen MR) is 73.0 cm³/mol. The zero-order chi connectivity index (χ0) is 13.5. The van der Waals surface area contributed by atoms with Crippen LogP contribution in [0.5, 0.6) is 0 Å². The first kappa shape index (κ1) is 13.3. The van der Waals surface area contributed by atoms with Gasteiger partial charge in [0.25, 0.3) is 0 Å². The van der Waals surface area contributed by atoms with Crippen molar-refractivity contribution in [3.63, 3.8) is 0 Å². The van der Waals surface area contributed by atoms with E-state index in [4.69, 9.17) is 10.5 Å². The molecule has 0 spiro atoms. The standard InChI is InChI=1S/C12H15BrFN3O/c1-12(2,6-18-3)17-10-4-7(13)8(14)5-9(10)16-11(17)15/h4-5H,6H2,1-3H3,(H2,15,16). The number of fused-ring (bicyclic) bond motifs is 1. The summed E-state index contributed by atoms with van der Waals surface area (Å²) in [5, 5.41) is 0. The highest BCUT2D eigenvalue weighted by molar-refractivity contribution is 9.10. The van der Waals surface area contributed by atoms with Crippen LogP contribution >= 0.6 is 15.9 Å². The van der Waals surface area contributed by atoms with Crippen LogP contribution in [-0.4, -0.2) is 23.3 Å². The van der Waals surface area contributed by atoms with Gasteiger partial charge in [-0.2, -0.15) is 0 Å². The SMILES string of the molecule is COCC(C)(C)n1c(N)nc2cc(F)c(Br)cc21. The lowest BCUT2D eigenvalue weighted by Gasteiger charge is -2.27. The van der Waals surface area contributed by atoms with Crippen LogP contribution < -0.4 is 5.73 Å². The Balaban J connectivity index is 2.70. The molecule has 0 atom stereocenters. The van der Waals surface area contributed by atoms with E-state index >= 15 is 0 Å². The second-order valence-corrected chi connectivity index (χ2v) is 5.66. The summed E-state index contributed by atoms with van der Waals surface area (Å²) < 4.78 is 20.9. The van der Waals surface area contributed by atoms with Crippen LogP contribution in [0, 0.1) is 5.82 Å². The van der Waals surface area contributed by atoms with Crippen molar-refractivity contribution in [2.45, 2.75) is 19.4 Å². The molecule has 0 unspecified atom stereocenters. The van der Waals surface area contributed by atoms with Crippen molar-refractivity contribution in [2.24, 2.45) is 0 Å². The monoisotopic (exact) mass is 315 g/mol. The van der Waals surface area contributed by atoms with E-state index in [1.165, 1.54) is 6.07 Å². The van der Waals surface area contributed by atoms with Crippen molar-refractivity contribution in [2.75, 3.05) is 19.5 Å². The lowest BCUT2D eigenvalue weighted by Crippen LogP contribution is -2.32. The number of ether oxygens (including phenoxy) is 1. The first-order valence-corrected chi connectivity index (χ1v) is 6.28. The van der Waals surface area contributed by atoms with E-state index in [1.54, 1.807) is 13.2 Å². The number of hydrogen-bond donors (Lipinski definition) is 1. The minimum Gasteiger partial charge on any atom is -0.382 e. The molecule has 0 radical (unpaired) electrons. The molecule has 1 aromatic heterocycles. The molecule has 0 amide bonds.